The van der Waals surface area contributed by atoms with Crippen LogP contribution in [0.25, 0.3) is 0 Å². The van der Waals surface area contributed by atoms with Crippen molar-refractivity contribution in [3.63, 3.8) is 0 Å². The molecule has 0 unspecified atom stereocenters. The Bertz CT molecular complexity index is 641. The summed E-state index contributed by atoms with van der Waals surface area (Å²) in [7, 11) is -0.973. The quantitative estimate of drug-likeness (QED) is 0.495. The predicted octanol–water partition coefficient (Wildman–Crippen LogP) is 2.95. The minimum atomic E-state index is -2.32. The molecule has 0 spiro atoms. The van der Waals surface area contributed by atoms with Crippen LogP contribution in [0.1, 0.15) is 48.5 Å². The van der Waals surface area contributed by atoms with E-state index < -0.39 is 62.7 Å². The van der Waals surface area contributed by atoms with Gasteiger partial charge in [0.1, 0.15) is 24.4 Å². The van der Waals surface area contributed by atoms with Gasteiger partial charge in [0.25, 0.3) is 0 Å². The molecule has 9 heteroatoms. The van der Waals surface area contributed by atoms with Crippen molar-refractivity contribution >= 4 is 14.3 Å². The highest BCUT2D eigenvalue weighted by atomic mass is 28.4. The van der Waals surface area contributed by atoms with Crippen LogP contribution in [0.4, 0.5) is 0 Å². The first-order chi connectivity index (χ1) is 13.1. The lowest BCUT2D eigenvalue weighted by Crippen LogP contribution is -2.62. The molecule has 3 aliphatic rings. The Balaban J connectivity index is 1.95. The van der Waals surface area contributed by atoms with Crippen LogP contribution in [-0.4, -0.2) is 69.8 Å². The molecule has 6 atom stereocenters. The number of carbonyl (C=O) groups excluding carboxylic acids is 1. The van der Waals surface area contributed by atoms with Crippen LogP contribution in [0.15, 0.2) is 0 Å². The number of methoxy groups -OCH3 is 1. The average molecular weight is 433 g/mol. The van der Waals surface area contributed by atoms with Crippen LogP contribution in [0.5, 0.6) is 0 Å². The molecule has 3 saturated heterocycles. The largest absolute Gasteiger partial charge is 0.467 e. The fourth-order valence-electron chi connectivity index (χ4n) is 3.75. The molecule has 0 aliphatic carbocycles. The molecule has 3 aliphatic heterocycles. The van der Waals surface area contributed by atoms with Gasteiger partial charge in [-0.15, -0.1) is 0 Å². The third-order valence-corrected chi connectivity index (χ3v) is 10.6. The molecule has 0 aromatic heterocycles. The van der Waals surface area contributed by atoms with E-state index in [-0.39, 0.29) is 5.04 Å². The molecular weight excluding hydrogens is 396 g/mol. The first kappa shape index (κ1) is 23.1. The Morgan fingerprint density at radius 1 is 0.931 bits per heavy atom. The smallest absolute Gasteiger partial charge is 0.336 e. The number of carbonyl (C=O) groups is 1. The van der Waals surface area contributed by atoms with Gasteiger partial charge >= 0.3 is 5.97 Å². The van der Waals surface area contributed by atoms with Crippen molar-refractivity contribution in [2.45, 2.75) is 115 Å². The van der Waals surface area contributed by atoms with Crippen LogP contribution in [0, 0.1) is 0 Å². The predicted molar refractivity (Wildman–Crippen MR) is 107 cm³/mol. The van der Waals surface area contributed by atoms with Gasteiger partial charge in [-0.3, -0.25) is 0 Å². The highest BCUT2D eigenvalue weighted by Gasteiger charge is 2.63. The van der Waals surface area contributed by atoms with E-state index in [4.69, 9.17) is 32.8 Å². The molecule has 3 fully saturated rings. The normalized spacial score (nSPS) is 37.0. The Kier molecular flexibility index (Phi) is 5.78. The van der Waals surface area contributed by atoms with Gasteiger partial charge < -0.3 is 32.8 Å². The Morgan fingerprint density at radius 3 is 2.00 bits per heavy atom. The van der Waals surface area contributed by atoms with Crippen LogP contribution in [0.3, 0.4) is 0 Å². The monoisotopic (exact) mass is 432 g/mol. The molecule has 29 heavy (non-hydrogen) atoms. The van der Waals surface area contributed by atoms with Crippen molar-refractivity contribution in [3.05, 3.63) is 0 Å². The topological polar surface area (TPSA) is 81.7 Å². The molecular formula is C20H36O8Si. The number of hydrogen-bond acceptors (Lipinski definition) is 8. The van der Waals surface area contributed by atoms with Crippen molar-refractivity contribution in [2.75, 3.05) is 7.11 Å². The molecule has 0 aromatic carbocycles. The van der Waals surface area contributed by atoms with E-state index in [1.54, 1.807) is 0 Å². The molecule has 0 bridgehead atoms. The van der Waals surface area contributed by atoms with Crippen LogP contribution < -0.4 is 0 Å². The van der Waals surface area contributed by atoms with Crippen molar-refractivity contribution in [1.29, 1.82) is 0 Å². The number of esters is 1. The molecule has 168 valence electrons. The van der Waals surface area contributed by atoms with Gasteiger partial charge in [-0.2, -0.15) is 0 Å². The van der Waals surface area contributed by atoms with Gasteiger partial charge in [-0.25, -0.2) is 4.79 Å². The van der Waals surface area contributed by atoms with E-state index in [2.05, 4.69) is 33.9 Å². The second-order valence-corrected chi connectivity index (χ2v) is 15.2. The molecule has 8 nitrogen and oxygen atoms in total. The summed E-state index contributed by atoms with van der Waals surface area (Å²) in [5.41, 5.74) is 0. The first-order valence-corrected chi connectivity index (χ1v) is 13.1. The lowest BCUT2D eigenvalue weighted by Gasteiger charge is -2.44. The Morgan fingerprint density at radius 2 is 1.45 bits per heavy atom. The van der Waals surface area contributed by atoms with E-state index in [0.29, 0.717) is 0 Å². The molecule has 3 heterocycles. The van der Waals surface area contributed by atoms with Crippen LogP contribution >= 0.6 is 0 Å². The van der Waals surface area contributed by atoms with Crippen molar-refractivity contribution in [2.24, 2.45) is 0 Å². The summed E-state index contributed by atoms with van der Waals surface area (Å²) < 4.78 is 42.1. The van der Waals surface area contributed by atoms with E-state index in [9.17, 15) is 4.79 Å². The van der Waals surface area contributed by atoms with E-state index in [1.807, 2.05) is 27.7 Å². The molecule has 0 radical (unpaired) electrons. The summed E-state index contributed by atoms with van der Waals surface area (Å²) in [4.78, 5) is 12.8. The maximum absolute atomic E-state index is 12.8. The second-order valence-electron chi connectivity index (χ2n) is 10.5. The SMILES string of the molecule is COC(=O)[C@H](O[Si](C)(C)C(C)(C)C)[C@H]1O[C@@H]2OC(C)(C)O[C@@H]2[C@H]2OC(C)(C)O[C@H]21. The van der Waals surface area contributed by atoms with E-state index >= 15 is 0 Å². The zero-order valence-corrected chi connectivity index (χ0v) is 20.2. The lowest BCUT2D eigenvalue weighted by molar-refractivity contribution is -0.251. The van der Waals surface area contributed by atoms with Gasteiger partial charge in [-0.1, -0.05) is 20.8 Å². The van der Waals surface area contributed by atoms with Crippen LogP contribution in [0.2, 0.25) is 18.1 Å². The van der Waals surface area contributed by atoms with Crippen molar-refractivity contribution in [3.8, 4) is 0 Å². The van der Waals surface area contributed by atoms with Gasteiger partial charge in [0.05, 0.1) is 7.11 Å². The maximum Gasteiger partial charge on any atom is 0.336 e. The summed E-state index contributed by atoms with van der Waals surface area (Å²) in [6.45, 7) is 17.8. The van der Waals surface area contributed by atoms with Crippen molar-refractivity contribution < 1.29 is 37.6 Å². The zero-order valence-electron chi connectivity index (χ0n) is 19.2. The highest BCUT2D eigenvalue weighted by molar-refractivity contribution is 6.74. The first-order valence-electron chi connectivity index (χ1n) is 10.2. The number of ether oxygens (including phenoxy) is 6. The molecule has 0 saturated carbocycles. The van der Waals surface area contributed by atoms with Gasteiger partial charge in [0, 0.05) is 0 Å². The van der Waals surface area contributed by atoms with E-state index in [0.717, 1.165) is 0 Å². The minimum absolute atomic E-state index is 0.100. The average Bonchev–Trinajstić information content (AvgIpc) is 3.04. The number of hydrogen-bond donors (Lipinski definition) is 0. The summed E-state index contributed by atoms with van der Waals surface area (Å²) in [6.07, 6.45) is -3.87. The van der Waals surface area contributed by atoms with Crippen LogP contribution in [-0.2, 0) is 37.6 Å². The fourth-order valence-corrected chi connectivity index (χ4v) is 4.96. The second kappa shape index (κ2) is 7.25. The highest BCUT2D eigenvalue weighted by Crippen LogP contribution is 2.46. The Labute approximate surface area is 174 Å². The molecule has 0 N–H and O–H groups in total. The zero-order chi connectivity index (χ0) is 22.0. The van der Waals surface area contributed by atoms with Gasteiger partial charge in [-0.05, 0) is 45.8 Å². The number of rotatable bonds is 4. The number of fused-ring (bicyclic) bond motifs is 3. The maximum atomic E-state index is 12.8. The molecule has 0 aromatic rings. The summed E-state index contributed by atoms with van der Waals surface area (Å²) in [5.74, 6) is -2.17. The standard InChI is InChI=1S/C20H36O8Si/c1-18(2,3)29(9,10)28-14(16(21)22-8)11-12-13(25-19(4,5)24-12)15-17(23-11)27-20(6,7)26-15/h11-15,17H,1-10H3/t11-,12-,13-,14+,15+,17+/m0/s1. The van der Waals surface area contributed by atoms with Gasteiger partial charge in [0.15, 0.2) is 32.3 Å². The summed E-state index contributed by atoms with van der Waals surface area (Å²) in [5, 5.41) is -0.100. The fraction of sp³-hybridized carbons (Fsp3) is 0.950. The minimum Gasteiger partial charge on any atom is -0.467 e. The van der Waals surface area contributed by atoms with E-state index in [1.165, 1.54) is 7.11 Å². The Hall–Kier alpha value is -0.553. The van der Waals surface area contributed by atoms with Crippen molar-refractivity contribution in [1.82, 2.24) is 0 Å². The lowest BCUT2D eigenvalue weighted by atomic mass is 9.95. The summed E-state index contributed by atoms with van der Waals surface area (Å²) in [6, 6.07) is 0. The molecule has 0 amide bonds. The van der Waals surface area contributed by atoms with Gasteiger partial charge in [0.2, 0.25) is 0 Å². The third-order valence-electron chi connectivity index (χ3n) is 6.15. The summed E-state index contributed by atoms with van der Waals surface area (Å²) >= 11 is 0. The third kappa shape index (κ3) is 4.42. The molecule has 3 rings (SSSR count).